The predicted octanol–water partition coefficient (Wildman–Crippen LogP) is 25.8. The number of rotatable bonds is 13. The van der Waals surface area contributed by atoms with Crippen LogP contribution >= 0.6 is 0 Å². The monoisotopic (exact) mass is 1340 g/mol. The Balaban J connectivity index is 0.809. The first-order valence-electron chi connectivity index (χ1n) is 35.8. The molecule has 0 radical (unpaired) electrons. The third-order valence-electron chi connectivity index (χ3n) is 20.8. The first-order chi connectivity index (χ1) is 52.1. The van der Waals surface area contributed by atoms with Crippen LogP contribution in [0.4, 0.5) is 0 Å². The number of imidazole rings is 3. The molecule has 0 N–H and O–H groups in total. The SMILES string of the molecule is c1ccc(-c2cc3c4cc(-c5ccccc5)c(-c5ccccc5)cc4c4cc(-c5cccc(-c6ccc7nc(-c8cc(-c9nc%10ccccc%10n9-c9ccccc9)cc(-c9nc%10ccccc%10n9-c9ccccc9)c8)n(-c8ccccc8)c7c6)c5)c(-c5ccccc5)cc4c3cc2-c2ccccc2)cc1. The van der Waals surface area contributed by atoms with Gasteiger partial charge < -0.3 is 0 Å². The van der Waals surface area contributed by atoms with Gasteiger partial charge in [-0.15, -0.1) is 0 Å². The summed E-state index contributed by atoms with van der Waals surface area (Å²) >= 11 is 0. The Kier molecular flexibility index (Phi) is 14.8. The van der Waals surface area contributed by atoms with Gasteiger partial charge in [-0.05, 0) is 244 Å². The largest absolute Gasteiger partial charge is 0.292 e. The molecule has 3 heterocycles. The number of hydrogen-bond donors (Lipinski definition) is 0. The van der Waals surface area contributed by atoms with Crippen molar-refractivity contribution in [3.8, 4) is 129 Å². The summed E-state index contributed by atoms with van der Waals surface area (Å²) < 4.78 is 6.88. The quantitative estimate of drug-likeness (QED) is 0.108. The van der Waals surface area contributed by atoms with Gasteiger partial charge >= 0.3 is 0 Å². The average molecular weight is 1340 g/mol. The molecule has 0 unspecified atom stereocenters. The normalized spacial score (nSPS) is 11.6. The Morgan fingerprint density at radius 1 is 0.152 bits per heavy atom. The summed E-state index contributed by atoms with van der Waals surface area (Å²) in [5, 5.41) is 7.17. The summed E-state index contributed by atoms with van der Waals surface area (Å²) in [6.07, 6.45) is 0. The fourth-order valence-electron chi connectivity index (χ4n) is 15.9. The molecule has 6 heteroatoms. The Labute approximate surface area is 607 Å². The molecule has 0 saturated carbocycles. The van der Waals surface area contributed by atoms with Gasteiger partial charge in [0.25, 0.3) is 0 Å². The van der Waals surface area contributed by atoms with Crippen LogP contribution in [0.5, 0.6) is 0 Å². The molecule has 0 fully saturated rings. The fraction of sp³-hybridized carbons (Fsp3) is 0. The molecular weight excluding hydrogens is 1270 g/mol. The van der Waals surface area contributed by atoms with Crippen molar-refractivity contribution >= 4 is 65.4 Å². The van der Waals surface area contributed by atoms with Gasteiger partial charge in [-0.25, -0.2) is 15.0 Å². The Hall–Kier alpha value is -14.1. The van der Waals surface area contributed by atoms with Crippen LogP contribution in [0.2, 0.25) is 0 Å². The van der Waals surface area contributed by atoms with E-state index in [9.17, 15) is 0 Å². The van der Waals surface area contributed by atoms with Crippen LogP contribution in [0, 0.1) is 0 Å². The zero-order valence-corrected chi connectivity index (χ0v) is 57.1. The molecule has 0 spiro atoms. The van der Waals surface area contributed by atoms with E-state index in [0.29, 0.717) is 0 Å². The lowest BCUT2D eigenvalue weighted by atomic mass is 9.82. The van der Waals surface area contributed by atoms with Gasteiger partial charge in [-0.2, -0.15) is 0 Å². The van der Waals surface area contributed by atoms with Crippen molar-refractivity contribution in [1.82, 2.24) is 28.7 Å². The highest BCUT2D eigenvalue weighted by atomic mass is 15.1. The predicted molar refractivity (Wildman–Crippen MR) is 437 cm³/mol. The molecule has 0 bridgehead atoms. The van der Waals surface area contributed by atoms with Gasteiger partial charge in [0.15, 0.2) is 0 Å². The van der Waals surface area contributed by atoms with Crippen LogP contribution in [-0.2, 0) is 0 Å². The highest BCUT2D eigenvalue weighted by Crippen LogP contribution is 2.49. The zero-order chi connectivity index (χ0) is 69.3. The number of hydrogen-bond acceptors (Lipinski definition) is 3. The summed E-state index contributed by atoms with van der Waals surface area (Å²) in [4.78, 5) is 16.6. The van der Waals surface area contributed by atoms with E-state index in [2.05, 4.69) is 402 Å². The Morgan fingerprint density at radius 3 is 0.724 bits per heavy atom. The van der Waals surface area contributed by atoms with Crippen molar-refractivity contribution in [2.75, 3.05) is 0 Å². The summed E-state index contributed by atoms with van der Waals surface area (Å²) in [5.41, 5.74) is 27.6. The molecule has 0 aliphatic heterocycles. The van der Waals surface area contributed by atoms with E-state index in [0.717, 1.165) is 118 Å². The van der Waals surface area contributed by atoms with E-state index in [1.807, 2.05) is 0 Å². The maximum Gasteiger partial charge on any atom is 0.145 e. The van der Waals surface area contributed by atoms with Gasteiger partial charge in [0.05, 0.1) is 33.1 Å². The lowest BCUT2D eigenvalue weighted by Crippen LogP contribution is -2.02. The van der Waals surface area contributed by atoms with Crippen LogP contribution < -0.4 is 0 Å². The van der Waals surface area contributed by atoms with E-state index >= 15 is 0 Å². The third kappa shape index (κ3) is 10.7. The van der Waals surface area contributed by atoms with Gasteiger partial charge in [-0.1, -0.05) is 255 Å². The molecule has 0 saturated heterocycles. The van der Waals surface area contributed by atoms with E-state index in [4.69, 9.17) is 15.0 Å². The van der Waals surface area contributed by atoms with Crippen LogP contribution in [-0.4, -0.2) is 28.7 Å². The van der Waals surface area contributed by atoms with Crippen molar-refractivity contribution in [2.45, 2.75) is 0 Å². The van der Waals surface area contributed by atoms with Gasteiger partial charge in [-0.3, -0.25) is 13.7 Å². The smallest absolute Gasteiger partial charge is 0.145 e. The van der Waals surface area contributed by atoms with Crippen molar-refractivity contribution in [2.24, 2.45) is 0 Å². The second kappa shape index (κ2) is 25.5. The lowest BCUT2D eigenvalue weighted by molar-refractivity contribution is 1.09. The standard InChI is InChI=1S/C99H64N6/c1-9-30-65(31-10-1)79-59-85-86-60-80(66-32-11-2-12-33-66)82(68-36-15-4-16-37-68)62-88(86)90-64-84(83(69-38-17-5-18-39-69)63-89(90)87(85)61-81(79)67-34-13-3-14-35-67)72-41-29-40-70(54-72)71-52-53-93-96(58-71)105(78-46-23-8-24-47-78)99(102-93)75-56-73(97-100-91-48-25-27-50-94(91)103(97)76-42-19-6-20-43-76)55-74(57-75)98-101-92-49-26-28-51-95(92)104(98)77-44-21-7-22-45-77/h1-64H. The molecule has 17 aromatic carbocycles. The number of benzene rings is 17. The van der Waals surface area contributed by atoms with E-state index in [1.165, 1.54) is 76.8 Å². The van der Waals surface area contributed by atoms with Crippen molar-refractivity contribution < 1.29 is 0 Å². The molecule has 490 valence electrons. The molecule has 6 nitrogen and oxygen atoms in total. The molecule has 20 rings (SSSR count). The molecule has 105 heavy (non-hydrogen) atoms. The molecular formula is C99H64N6. The summed E-state index contributed by atoms with van der Waals surface area (Å²) in [6, 6.07) is 141. The van der Waals surface area contributed by atoms with Crippen LogP contribution in [0.25, 0.3) is 195 Å². The van der Waals surface area contributed by atoms with E-state index in [1.54, 1.807) is 0 Å². The van der Waals surface area contributed by atoms with Gasteiger partial charge in [0, 0.05) is 33.8 Å². The average Bonchev–Trinajstić information content (AvgIpc) is 1.43. The first-order valence-corrected chi connectivity index (χ1v) is 35.8. The molecule has 3 aromatic heterocycles. The minimum atomic E-state index is 0.789. The maximum atomic E-state index is 5.70. The summed E-state index contributed by atoms with van der Waals surface area (Å²) in [6.45, 7) is 0. The summed E-state index contributed by atoms with van der Waals surface area (Å²) in [5.74, 6) is 2.41. The number of aromatic nitrogens is 6. The fourth-order valence-corrected chi connectivity index (χ4v) is 15.9. The van der Waals surface area contributed by atoms with Crippen LogP contribution in [0.1, 0.15) is 0 Å². The molecule has 20 aromatic rings. The van der Waals surface area contributed by atoms with Gasteiger partial charge in [0.2, 0.25) is 0 Å². The van der Waals surface area contributed by atoms with Crippen molar-refractivity contribution in [3.05, 3.63) is 388 Å². The van der Waals surface area contributed by atoms with E-state index in [-0.39, 0.29) is 0 Å². The molecule has 0 aliphatic rings. The molecule has 0 amide bonds. The Morgan fingerprint density at radius 2 is 0.390 bits per heavy atom. The second-order valence-corrected chi connectivity index (χ2v) is 27.0. The van der Waals surface area contributed by atoms with Crippen molar-refractivity contribution in [1.29, 1.82) is 0 Å². The minimum Gasteiger partial charge on any atom is -0.292 e. The van der Waals surface area contributed by atoms with E-state index < -0.39 is 0 Å². The maximum absolute atomic E-state index is 5.70. The van der Waals surface area contributed by atoms with Crippen LogP contribution in [0.15, 0.2) is 388 Å². The topological polar surface area (TPSA) is 53.5 Å². The highest BCUT2D eigenvalue weighted by molar-refractivity contribution is 6.29. The first kappa shape index (κ1) is 60.9. The Bertz CT molecular complexity index is 6500. The number of nitrogens with zero attached hydrogens (tertiary/aromatic N) is 6. The third-order valence-corrected chi connectivity index (χ3v) is 20.8. The number of fused-ring (bicyclic) bond motifs is 9. The minimum absolute atomic E-state index is 0.789. The zero-order valence-electron chi connectivity index (χ0n) is 57.1. The molecule has 0 atom stereocenters. The van der Waals surface area contributed by atoms with Gasteiger partial charge in [0.1, 0.15) is 17.5 Å². The highest BCUT2D eigenvalue weighted by Gasteiger charge is 2.26. The second-order valence-electron chi connectivity index (χ2n) is 27.0. The number of para-hydroxylation sites is 7. The lowest BCUT2D eigenvalue weighted by Gasteiger charge is -2.21. The molecule has 0 aliphatic carbocycles. The summed E-state index contributed by atoms with van der Waals surface area (Å²) in [7, 11) is 0. The van der Waals surface area contributed by atoms with Crippen molar-refractivity contribution in [3.63, 3.8) is 0 Å². The van der Waals surface area contributed by atoms with Crippen LogP contribution in [0.3, 0.4) is 0 Å².